The van der Waals surface area contributed by atoms with Crippen molar-refractivity contribution in [3.05, 3.63) is 17.6 Å². The van der Waals surface area contributed by atoms with Crippen LogP contribution in [-0.4, -0.2) is 44.9 Å². The molecule has 0 N–H and O–H groups in total. The average Bonchev–Trinajstić information content (AvgIpc) is 2.97. The number of aryl methyl sites for hydroxylation is 1. The predicted octanol–water partition coefficient (Wildman–Crippen LogP) is 2.85. The van der Waals surface area contributed by atoms with Crippen LogP contribution in [0.25, 0.3) is 5.78 Å². The highest BCUT2D eigenvalue weighted by molar-refractivity contribution is 5.49. The highest BCUT2D eigenvalue weighted by Crippen LogP contribution is 2.29. The number of nitrogens with zero attached hydrogens (tertiary/aromatic N) is 5. The Bertz CT molecular complexity index is 730. The average molecular weight is 343 g/mol. The smallest absolute Gasteiger partial charge is 0.374 e. The summed E-state index contributed by atoms with van der Waals surface area (Å²) >= 11 is 0. The first-order valence-electron chi connectivity index (χ1n) is 8.03. The number of morpholine rings is 1. The van der Waals surface area contributed by atoms with Gasteiger partial charge in [-0.2, -0.15) is 22.7 Å². The topological polar surface area (TPSA) is 55.6 Å². The molecule has 132 valence electrons. The van der Waals surface area contributed by atoms with Gasteiger partial charge < -0.3 is 9.64 Å². The van der Waals surface area contributed by atoms with E-state index >= 15 is 0 Å². The lowest BCUT2D eigenvalue weighted by molar-refractivity contribution is -0.144. The number of alkyl halides is 3. The zero-order valence-electron chi connectivity index (χ0n) is 13.8. The molecular weight excluding hydrogens is 323 g/mol. The van der Waals surface area contributed by atoms with Crippen molar-refractivity contribution in [2.45, 2.75) is 51.9 Å². The van der Waals surface area contributed by atoms with Crippen molar-refractivity contribution in [2.75, 3.05) is 18.1 Å². The highest BCUT2D eigenvalue weighted by atomic mass is 19.4. The van der Waals surface area contributed by atoms with Gasteiger partial charge in [-0.15, -0.1) is 5.10 Å². The van der Waals surface area contributed by atoms with Gasteiger partial charge in [0.2, 0.25) is 0 Å². The SMILES string of the molecule is CC[C@@H]1CN(c2cc(C)nc3nc(C(F)(F)F)nn23)[C@H](CC)CO1. The largest absolute Gasteiger partial charge is 0.453 e. The number of anilines is 1. The Labute approximate surface area is 137 Å². The van der Waals surface area contributed by atoms with Crippen LogP contribution in [0.4, 0.5) is 19.0 Å². The van der Waals surface area contributed by atoms with Gasteiger partial charge in [0, 0.05) is 18.3 Å². The number of rotatable bonds is 3. The van der Waals surface area contributed by atoms with E-state index in [4.69, 9.17) is 4.74 Å². The second-order valence-electron chi connectivity index (χ2n) is 5.98. The van der Waals surface area contributed by atoms with Gasteiger partial charge in [-0.05, 0) is 19.8 Å². The summed E-state index contributed by atoms with van der Waals surface area (Å²) < 4.78 is 45.9. The van der Waals surface area contributed by atoms with Crippen LogP contribution in [0.15, 0.2) is 6.07 Å². The van der Waals surface area contributed by atoms with Crippen molar-refractivity contribution in [1.29, 1.82) is 0 Å². The third kappa shape index (κ3) is 3.04. The van der Waals surface area contributed by atoms with E-state index < -0.39 is 12.0 Å². The number of hydrogen-bond donors (Lipinski definition) is 0. The molecule has 0 bridgehead atoms. The first kappa shape index (κ1) is 16.9. The highest BCUT2D eigenvalue weighted by Gasteiger charge is 2.37. The second kappa shape index (κ2) is 6.19. The van der Waals surface area contributed by atoms with Crippen LogP contribution in [0.3, 0.4) is 0 Å². The molecule has 1 fully saturated rings. The molecule has 1 saturated heterocycles. The Morgan fingerprint density at radius 1 is 1.25 bits per heavy atom. The van der Waals surface area contributed by atoms with Crippen molar-refractivity contribution in [1.82, 2.24) is 19.6 Å². The molecule has 3 rings (SSSR count). The van der Waals surface area contributed by atoms with Crippen LogP contribution < -0.4 is 4.90 Å². The minimum absolute atomic E-state index is 0.0354. The number of ether oxygens (including phenoxy) is 1. The fraction of sp³-hybridized carbons (Fsp3) is 0.667. The molecule has 1 aliphatic rings. The molecule has 6 nitrogen and oxygen atoms in total. The van der Waals surface area contributed by atoms with Crippen LogP contribution in [0.1, 0.15) is 38.2 Å². The maximum atomic E-state index is 13.0. The Morgan fingerprint density at radius 2 is 2.00 bits per heavy atom. The van der Waals surface area contributed by atoms with Crippen LogP contribution in [0.5, 0.6) is 0 Å². The molecule has 0 amide bonds. The molecule has 0 spiro atoms. The van der Waals surface area contributed by atoms with E-state index in [0.717, 1.165) is 12.8 Å². The fourth-order valence-corrected chi connectivity index (χ4v) is 2.92. The van der Waals surface area contributed by atoms with Crippen LogP contribution in [0.2, 0.25) is 0 Å². The van der Waals surface area contributed by atoms with Gasteiger partial charge in [-0.25, -0.2) is 4.98 Å². The zero-order valence-corrected chi connectivity index (χ0v) is 13.8. The lowest BCUT2D eigenvalue weighted by Gasteiger charge is -2.40. The van der Waals surface area contributed by atoms with Gasteiger partial charge in [0.1, 0.15) is 5.82 Å². The summed E-state index contributed by atoms with van der Waals surface area (Å²) in [7, 11) is 0. The maximum absolute atomic E-state index is 13.0. The quantitative estimate of drug-likeness (QED) is 0.858. The molecule has 0 aromatic carbocycles. The molecule has 1 aliphatic heterocycles. The predicted molar refractivity (Wildman–Crippen MR) is 82.0 cm³/mol. The minimum Gasteiger partial charge on any atom is -0.374 e. The van der Waals surface area contributed by atoms with Gasteiger partial charge in [0.05, 0.1) is 18.8 Å². The summed E-state index contributed by atoms with van der Waals surface area (Å²) in [6, 6.07) is 1.83. The Kier molecular flexibility index (Phi) is 4.37. The summed E-state index contributed by atoms with van der Waals surface area (Å²) in [5.74, 6) is -0.629. The summed E-state index contributed by atoms with van der Waals surface area (Å²) in [5.41, 5.74) is 0.605. The summed E-state index contributed by atoms with van der Waals surface area (Å²) in [6.07, 6.45) is -2.90. The number of aromatic nitrogens is 4. The lowest BCUT2D eigenvalue weighted by atomic mass is 10.1. The van der Waals surface area contributed by atoms with Crippen molar-refractivity contribution >= 4 is 11.6 Å². The molecule has 0 unspecified atom stereocenters. The van der Waals surface area contributed by atoms with E-state index in [1.807, 2.05) is 13.8 Å². The third-order valence-corrected chi connectivity index (χ3v) is 4.26. The van der Waals surface area contributed by atoms with E-state index in [1.165, 1.54) is 4.52 Å². The number of halogens is 3. The normalized spacial score (nSPS) is 22.3. The van der Waals surface area contributed by atoms with Crippen molar-refractivity contribution in [2.24, 2.45) is 0 Å². The van der Waals surface area contributed by atoms with E-state index in [2.05, 4.69) is 20.0 Å². The number of fused-ring (bicyclic) bond motifs is 1. The van der Waals surface area contributed by atoms with Crippen molar-refractivity contribution < 1.29 is 17.9 Å². The van der Waals surface area contributed by atoms with E-state index in [1.54, 1.807) is 13.0 Å². The standard InChI is InChI=1S/C15H20F3N5O/c1-4-10-8-24-11(5-2)7-22(10)12-6-9(3)19-14-20-13(15(16,17)18)21-23(12)14/h6,10-11H,4-5,7-8H2,1-3H3/t10-,11-/m1/s1. The molecule has 0 radical (unpaired) electrons. The second-order valence-corrected chi connectivity index (χ2v) is 5.98. The molecular formula is C15H20F3N5O. The molecule has 0 aliphatic carbocycles. The summed E-state index contributed by atoms with van der Waals surface area (Å²) in [4.78, 5) is 9.70. The van der Waals surface area contributed by atoms with Crippen LogP contribution in [-0.2, 0) is 10.9 Å². The first-order valence-corrected chi connectivity index (χ1v) is 8.03. The molecule has 0 saturated carbocycles. The Balaban J connectivity index is 2.11. The monoisotopic (exact) mass is 343 g/mol. The molecule has 9 heteroatoms. The maximum Gasteiger partial charge on any atom is 0.453 e. The van der Waals surface area contributed by atoms with Gasteiger partial charge >= 0.3 is 6.18 Å². The van der Waals surface area contributed by atoms with E-state index in [-0.39, 0.29) is 17.9 Å². The molecule has 24 heavy (non-hydrogen) atoms. The first-order chi connectivity index (χ1) is 11.3. The summed E-state index contributed by atoms with van der Waals surface area (Å²) in [5, 5.41) is 3.66. The Morgan fingerprint density at radius 3 is 2.62 bits per heavy atom. The van der Waals surface area contributed by atoms with Gasteiger partial charge in [-0.1, -0.05) is 13.8 Å². The van der Waals surface area contributed by atoms with Gasteiger partial charge in [-0.3, -0.25) is 0 Å². The fourth-order valence-electron chi connectivity index (χ4n) is 2.92. The molecule has 3 heterocycles. The minimum atomic E-state index is -4.60. The zero-order chi connectivity index (χ0) is 17.5. The van der Waals surface area contributed by atoms with E-state index in [9.17, 15) is 13.2 Å². The van der Waals surface area contributed by atoms with Crippen LogP contribution in [0, 0.1) is 6.92 Å². The van der Waals surface area contributed by atoms with Gasteiger partial charge in [0.25, 0.3) is 11.6 Å². The van der Waals surface area contributed by atoms with Crippen LogP contribution >= 0.6 is 0 Å². The van der Waals surface area contributed by atoms with Gasteiger partial charge in [0.15, 0.2) is 0 Å². The van der Waals surface area contributed by atoms with Crippen molar-refractivity contribution in [3.8, 4) is 0 Å². The molecule has 2 aromatic rings. The third-order valence-electron chi connectivity index (χ3n) is 4.26. The lowest BCUT2D eigenvalue weighted by Crippen LogP contribution is -2.50. The number of hydrogen-bond acceptors (Lipinski definition) is 5. The summed E-state index contributed by atoms with van der Waals surface area (Å²) in [6.45, 7) is 6.94. The van der Waals surface area contributed by atoms with E-state index in [0.29, 0.717) is 24.7 Å². The molecule has 2 aromatic heterocycles. The van der Waals surface area contributed by atoms with Crippen molar-refractivity contribution in [3.63, 3.8) is 0 Å². The Hall–Kier alpha value is -1.90. The molecule has 2 atom stereocenters.